The Balaban J connectivity index is 1.88. The summed E-state index contributed by atoms with van der Waals surface area (Å²) in [5, 5.41) is 12.3. The summed E-state index contributed by atoms with van der Waals surface area (Å²) in [5.41, 5.74) is 2.40. The highest BCUT2D eigenvalue weighted by molar-refractivity contribution is 7.80. The van der Waals surface area contributed by atoms with Gasteiger partial charge < -0.3 is 14.7 Å². The van der Waals surface area contributed by atoms with Gasteiger partial charge in [0.25, 0.3) is 0 Å². The molecular formula is C23H32N2O3S. The lowest BCUT2D eigenvalue weighted by molar-refractivity contribution is -0.115. The van der Waals surface area contributed by atoms with Gasteiger partial charge in [-0.05, 0) is 80.9 Å². The minimum Gasteiger partial charge on any atom is -0.497 e. The summed E-state index contributed by atoms with van der Waals surface area (Å²) < 4.78 is 5.14. The quantitative estimate of drug-likeness (QED) is 0.261. The van der Waals surface area contributed by atoms with E-state index in [0.717, 1.165) is 56.5 Å². The van der Waals surface area contributed by atoms with Gasteiger partial charge in [0.2, 0.25) is 5.91 Å². The van der Waals surface area contributed by atoms with Gasteiger partial charge in [-0.2, -0.15) is 0 Å². The summed E-state index contributed by atoms with van der Waals surface area (Å²) in [6.45, 7) is 1.69. The summed E-state index contributed by atoms with van der Waals surface area (Å²) in [5.74, 6) is 0.536. The number of ether oxygens (including phenoxy) is 1. The third-order valence-corrected chi connectivity index (χ3v) is 5.34. The number of methoxy groups -OCH3 is 1. The first-order valence-corrected chi connectivity index (χ1v) is 10.7. The average Bonchev–Trinajstić information content (AvgIpc) is 2.75. The van der Waals surface area contributed by atoms with E-state index >= 15 is 0 Å². The van der Waals surface area contributed by atoms with Crippen LogP contribution in [0.15, 0.2) is 42.0 Å². The largest absolute Gasteiger partial charge is 0.497 e. The highest BCUT2D eigenvalue weighted by atomic mass is 32.1. The zero-order valence-corrected chi connectivity index (χ0v) is 18.0. The van der Waals surface area contributed by atoms with Crippen molar-refractivity contribution in [2.24, 2.45) is 0 Å². The van der Waals surface area contributed by atoms with Gasteiger partial charge in [-0.3, -0.25) is 10.1 Å². The van der Waals surface area contributed by atoms with E-state index in [9.17, 15) is 4.79 Å². The van der Waals surface area contributed by atoms with E-state index in [1.54, 1.807) is 13.2 Å². The first kappa shape index (κ1) is 23.1. The van der Waals surface area contributed by atoms with E-state index in [1.165, 1.54) is 24.5 Å². The molecule has 29 heavy (non-hydrogen) atoms. The number of amides is 1. The minimum atomic E-state index is -0.241. The van der Waals surface area contributed by atoms with E-state index < -0.39 is 0 Å². The first-order valence-electron chi connectivity index (χ1n) is 10.3. The number of rotatable bonds is 10. The van der Waals surface area contributed by atoms with Crippen molar-refractivity contribution >= 4 is 29.3 Å². The summed E-state index contributed by atoms with van der Waals surface area (Å²) in [4.78, 5) is 14.3. The molecule has 6 heteroatoms. The number of carbonyl (C=O) groups is 1. The van der Waals surface area contributed by atoms with Gasteiger partial charge in [0.15, 0.2) is 5.11 Å². The minimum absolute atomic E-state index is 0.169. The zero-order valence-electron chi connectivity index (χ0n) is 17.2. The predicted molar refractivity (Wildman–Crippen MR) is 122 cm³/mol. The Morgan fingerprint density at radius 3 is 2.69 bits per heavy atom. The van der Waals surface area contributed by atoms with Crippen molar-refractivity contribution in [2.45, 2.75) is 44.9 Å². The normalized spacial score (nSPS) is 13.8. The molecule has 0 radical (unpaired) electrons. The van der Waals surface area contributed by atoms with Crippen LogP contribution in [0.4, 0.5) is 0 Å². The van der Waals surface area contributed by atoms with Crippen molar-refractivity contribution in [3.63, 3.8) is 0 Å². The fourth-order valence-electron chi connectivity index (χ4n) is 3.25. The third-order valence-electron chi connectivity index (χ3n) is 4.98. The van der Waals surface area contributed by atoms with Crippen LogP contribution in [0.3, 0.4) is 0 Å². The maximum atomic E-state index is 12.3. The Morgan fingerprint density at radius 2 is 2.03 bits per heavy atom. The number of aliphatic hydroxyl groups is 1. The number of unbranched alkanes of at least 4 members (excludes halogenated alkanes) is 1. The molecule has 0 saturated heterocycles. The molecule has 0 aromatic heterocycles. The van der Waals surface area contributed by atoms with Gasteiger partial charge in [0, 0.05) is 25.8 Å². The number of thiocarbonyl (C=S) groups is 1. The molecule has 0 spiro atoms. The monoisotopic (exact) mass is 416 g/mol. The molecule has 0 atom stereocenters. The summed E-state index contributed by atoms with van der Waals surface area (Å²) in [6, 6.07) is 7.48. The number of carbonyl (C=O) groups excluding carboxylic acids is 1. The van der Waals surface area contributed by atoms with Crippen LogP contribution >= 0.6 is 12.2 Å². The number of allylic oxidation sites excluding steroid dienone is 1. The molecule has 0 bridgehead atoms. The van der Waals surface area contributed by atoms with Crippen molar-refractivity contribution < 1.29 is 14.6 Å². The smallest absolute Gasteiger partial charge is 0.250 e. The second-order valence-electron chi connectivity index (χ2n) is 7.18. The SMILES string of the molecule is COc1ccc(C=CC(=O)NC(=S)N(CCCCO)CCC2=CCCCC2)cc1. The molecule has 5 nitrogen and oxygen atoms in total. The maximum absolute atomic E-state index is 12.3. The van der Waals surface area contributed by atoms with Gasteiger partial charge >= 0.3 is 0 Å². The van der Waals surface area contributed by atoms with E-state index in [2.05, 4.69) is 11.4 Å². The molecule has 0 saturated carbocycles. The van der Waals surface area contributed by atoms with E-state index in [0.29, 0.717) is 5.11 Å². The predicted octanol–water partition coefficient (Wildman–Crippen LogP) is 4.07. The highest BCUT2D eigenvalue weighted by Crippen LogP contribution is 2.20. The van der Waals surface area contributed by atoms with Crippen molar-refractivity contribution in [3.8, 4) is 5.75 Å². The Hall–Kier alpha value is -2.18. The van der Waals surface area contributed by atoms with Crippen LogP contribution in [-0.4, -0.2) is 47.8 Å². The number of hydrogen-bond donors (Lipinski definition) is 2. The van der Waals surface area contributed by atoms with Crippen LogP contribution in [0.2, 0.25) is 0 Å². The molecule has 1 aliphatic carbocycles. The van der Waals surface area contributed by atoms with Gasteiger partial charge in [-0.25, -0.2) is 0 Å². The van der Waals surface area contributed by atoms with Gasteiger partial charge in [0.05, 0.1) is 7.11 Å². The summed E-state index contributed by atoms with van der Waals surface area (Å²) >= 11 is 5.49. The molecule has 0 unspecified atom stereocenters. The molecule has 2 N–H and O–H groups in total. The Bertz CT molecular complexity index is 713. The lowest BCUT2D eigenvalue weighted by Gasteiger charge is -2.26. The number of hydrogen-bond acceptors (Lipinski definition) is 4. The van der Waals surface area contributed by atoms with Gasteiger partial charge in [-0.1, -0.05) is 23.8 Å². The molecule has 0 fully saturated rings. The van der Waals surface area contributed by atoms with Crippen molar-refractivity contribution in [3.05, 3.63) is 47.6 Å². The Morgan fingerprint density at radius 1 is 1.24 bits per heavy atom. The average molecular weight is 417 g/mol. The lowest BCUT2D eigenvalue weighted by atomic mass is 9.97. The van der Waals surface area contributed by atoms with E-state index in [4.69, 9.17) is 22.1 Å². The van der Waals surface area contributed by atoms with Gasteiger partial charge in [-0.15, -0.1) is 0 Å². The number of nitrogens with zero attached hydrogens (tertiary/aromatic N) is 1. The molecular weight excluding hydrogens is 384 g/mol. The van der Waals surface area contributed by atoms with E-state index in [1.807, 2.05) is 29.2 Å². The molecule has 1 aromatic carbocycles. The van der Waals surface area contributed by atoms with Crippen molar-refractivity contribution in [1.29, 1.82) is 0 Å². The number of benzene rings is 1. The van der Waals surface area contributed by atoms with Crippen molar-refractivity contribution in [2.75, 3.05) is 26.8 Å². The van der Waals surface area contributed by atoms with Crippen LogP contribution in [-0.2, 0) is 4.79 Å². The van der Waals surface area contributed by atoms with Crippen molar-refractivity contribution in [1.82, 2.24) is 10.2 Å². The summed E-state index contributed by atoms with van der Waals surface area (Å²) in [6.07, 6.45) is 13.0. The number of aliphatic hydroxyl groups excluding tert-OH is 1. The molecule has 1 amide bonds. The fraction of sp³-hybridized carbons (Fsp3) is 0.478. The molecule has 1 aromatic rings. The van der Waals surface area contributed by atoms with Crippen LogP contribution in [0.5, 0.6) is 5.75 Å². The first-order chi connectivity index (χ1) is 14.1. The standard InChI is InChI=1S/C23H32N2O3S/c1-28-21-12-9-20(10-13-21)11-14-22(27)24-23(29)25(16-5-6-18-26)17-15-19-7-3-2-4-8-19/h7,9-14,26H,2-6,8,15-18H2,1H3,(H,24,27,29). The second-order valence-corrected chi connectivity index (χ2v) is 7.56. The highest BCUT2D eigenvalue weighted by Gasteiger charge is 2.13. The van der Waals surface area contributed by atoms with Crippen LogP contribution < -0.4 is 10.1 Å². The molecule has 1 aliphatic rings. The second kappa shape index (κ2) is 13.1. The van der Waals surface area contributed by atoms with Gasteiger partial charge in [0.1, 0.15) is 5.75 Å². The molecule has 158 valence electrons. The third kappa shape index (κ3) is 8.79. The Kier molecular flexibility index (Phi) is 10.5. The topological polar surface area (TPSA) is 61.8 Å². The maximum Gasteiger partial charge on any atom is 0.250 e. The van der Waals surface area contributed by atoms with Crippen LogP contribution in [0.25, 0.3) is 6.08 Å². The molecule has 0 aliphatic heterocycles. The molecule has 2 rings (SSSR count). The Labute approximate surface area is 179 Å². The fourth-order valence-corrected chi connectivity index (χ4v) is 3.54. The van der Waals surface area contributed by atoms with E-state index in [-0.39, 0.29) is 12.5 Å². The summed E-state index contributed by atoms with van der Waals surface area (Å²) in [7, 11) is 1.62. The zero-order chi connectivity index (χ0) is 20.9. The van der Waals surface area contributed by atoms with Crippen LogP contribution in [0, 0.1) is 0 Å². The number of nitrogens with one attached hydrogen (secondary N) is 1. The molecule has 0 heterocycles. The van der Waals surface area contributed by atoms with Crippen LogP contribution in [0.1, 0.15) is 50.5 Å². The lowest BCUT2D eigenvalue weighted by Crippen LogP contribution is -2.43.